The van der Waals surface area contributed by atoms with Crippen molar-refractivity contribution >= 4 is 35.0 Å². The van der Waals surface area contributed by atoms with Gasteiger partial charge in [-0.25, -0.2) is 0 Å². The van der Waals surface area contributed by atoms with Gasteiger partial charge >= 0.3 is 0 Å². The summed E-state index contributed by atoms with van der Waals surface area (Å²) >= 11 is 7.84. The quantitative estimate of drug-likeness (QED) is 0.904. The Balaban J connectivity index is 1.58. The number of hydrogen-bond donors (Lipinski definition) is 1. The van der Waals surface area contributed by atoms with E-state index in [1.807, 2.05) is 30.0 Å². The first-order valence-corrected chi connectivity index (χ1v) is 9.33. The maximum absolute atomic E-state index is 12.8. The molecule has 0 saturated carbocycles. The summed E-state index contributed by atoms with van der Waals surface area (Å²) in [6.07, 6.45) is 1.05. The van der Waals surface area contributed by atoms with E-state index < -0.39 is 0 Å². The molecule has 0 atom stereocenters. The molecule has 24 heavy (non-hydrogen) atoms. The Morgan fingerprint density at radius 1 is 1.21 bits per heavy atom. The molecule has 0 spiro atoms. The molecule has 0 unspecified atom stereocenters. The molecule has 2 aliphatic rings. The number of benzene rings is 2. The summed E-state index contributed by atoms with van der Waals surface area (Å²) in [5.41, 5.74) is 2.41. The number of carbonyl (C=O) groups is 1. The lowest BCUT2D eigenvalue weighted by atomic mass is 9.98. The molecule has 0 aliphatic carbocycles. The zero-order chi connectivity index (χ0) is 16.7. The van der Waals surface area contributed by atoms with Crippen LogP contribution in [0.25, 0.3) is 0 Å². The summed E-state index contributed by atoms with van der Waals surface area (Å²) < 4.78 is 5.90. The second-order valence-electron chi connectivity index (χ2n) is 5.94. The van der Waals surface area contributed by atoms with Gasteiger partial charge in [-0.1, -0.05) is 11.6 Å². The van der Waals surface area contributed by atoms with E-state index in [1.165, 1.54) is 6.07 Å². The van der Waals surface area contributed by atoms with Crippen LogP contribution in [0.2, 0.25) is 5.02 Å². The number of carbonyl (C=O) groups excluding carboxylic acids is 1. The van der Waals surface area contributed by atoms with Crippen LogP contribution in [0, 0.1) is 0 Å². The van der Waals surface area contributed by atoms with E-state index in [4.69, 9.17) is 16.3 Å². The lowest BCUT2D eigenvalue weighted by Gasteiger charge is -2.30. The van der Waals surface area contributed by atoms with Crippen LogP contribution in [0.5, 0.6) is 11.5 Å². The van der Waals surface area contributed by atoms with Crippen LogP contribution in [0.1, 0.15) is 15.9 Å². The van der Waals surface area contributed by atoms with Crippen LogP contribution in [0.15, 0.2) is 36.4 Å². The van der Waals surface area contributed by atoms with Crippen LogP contribution in [-0.4, -0.2) is 35.2 Å². The summed E-state index contributed by atoms with van der Waals surface area (Å²) in [5.74, 6) is 2.87. The molecule has 2 heterocycles. The predicted octanol–water partition coefficient (Wildman–Crippen LogP) is 3.74. The van der Waals surface area contributed by atoms with E-state index in [0.29, 0.717) is 23.9 Å². The minimum Gasteiger partial charge on any atom is -0.506 e. The number of anilines is 1. The molecule has 1 amide bonds. The fourth-order valence-corrected chi connectivity index (χ4v) is 3.66. The van der Waals surface area contributed by atoms with Crippen molar-refractivity contribution in [3.8, 4) is 11.5 Å². The Bertz CT molecular complexity index is 807. The topological polar surface area (TPSA) is 49.8 Å². The summed E-state index contributed by atoms with van der Waals surface area (Å²) in [4.78, 5) is 14.5. The number of phenols is 1. The minimum absolute atomic E-state index is 0.0150. The second kappa shape index (κ2) is 6.22. The van der Waals surface area contributed by atoms with Gasteiger partial charge in [-0.2, -0.15) is 11.8 Å². The molecule has 0 bridgehead atoms. The van der Waals surface area contributed by atoms with Gasteiger partial charge in [0.25, 0.3) is 5.91 Å². The number of nitrogens with zero attached hydrogens (tertiary/aromatic N) is 1. The Morgan fingerprint density at radius 3 is 2.75 bits per heavy atom. The highest BCUT2D eigenvalue weighted by atomic mass is 35.5. The zero-order valence-corrected chi connectivity index (χ0v) is 14.4. The van der Waals surface area contributed by atoms with E-state index in [-0.39, 0.29) is 16.7 Å². The third-order valence-electron chi connectivity index (χ3n) is 4.31. The first-order chi connectivity index (χ1) is 11.6. The normalized spacial score (nSPS) is 17.4. The molecule has 1 fully saturated rings. The van der Waals surface area contributed by atoms with Gasteiger partial charge < -0.3 is 14.7 Å². The molecule has 2 aromatic rings. The largest absolute Gasteiger partial charge is 0.506 e. The molecule has 1 saturated heterocycles. The van der Waals surface area contributed by atoms with E-state index in [2.05, 4.69) is 0 Å². The number of thioether (sulfide) groups is 1. The average Bonchev–Trinajstić information content (AvgIpc) is 2.54. The number of halogens is 1. The van der Waals surface area contributed by atoms with Gasteiger partial charge in [-0.15, -0.1) is 0 Å². The summed E-state index contributed by atoms with van der Waals surface area (Å²) in [5, 5.41) is 9.79. The summed E-state index contributed by atoms with van der Waals surface area (Å²) in [6, 6.07) is 10.5. The maximum Gasteiger partial charge on any atom is 0.258 e. The van der Waals surface area contributed by atoms with Crippen molar-refractivity contribution in [1.29, 1.82) is 0 Å². The highest BCUT2D eigenvalue weighted by molar-refractivity contribution is 8.00. The van der Waals surface area contributed by atoms with E-state index >= 15 is 0 Å². The molecule has 0 aromatic heterocycles. The molecular weight excluding hydrogens is 346 g/mol. The minimum atomic E-state index is -0.0521. The van der Waals surface area contributed by atoms with Crippen LogP contribution < -0.4 is 9.64 Å². The van der Waals surface area contributed by atoms with Crippen LogP contribution in [-0.2, 0) is 6.42 Å². The number of hydrogen-bond acceptors (Lipinski definition) is 4. The highest BCUT2D eigenvalue weighted by Crippen LogP contribution is 2.32. The monoisotopic (exact) mass is 361 g/mol. The molecule has 4 rings (SSSR count). The molecular formula is C18H16ClNO3S. The SMILES string of the molecule is O=C1c2ccc(OC3CSC3)cc2CCN1c1ccc(O)c(Cl)c1. The van der Waals surface area contributed by atoms with Gasteiger partial charge in [-0.3, -0.25) is 4.79 Å². The maximum atomic E-state index is 12.8. The van der Waals surface area contributed by atoms with Crippen molar-refractivity contribution in [3.63, 3.8) is 0 Å². The van der Waals surface area contributed by atoms with E-state index in [9.17, 15) is 9.90 Å². The van der Waals surface area contributed by atoms with Gasteiger partial charge in [0, 0.05) is 29.3 Å². The standard InChI is InChI=1S/C18H16ClNO3S/c19-16-8-12(1-4-17(16)21)20-6-5-11-7-13(23-14-9-24-10-14)2-3-15(11)18(20)22/h1-4,7-8,14,21H,5-6,9-10H2. The number of amides is 1. The average molecular weight is 362 g/mol. The zero-order valence-electron chi connectivity index (χ0n) is 12.9. The fourth-order valence-electron chi connectivity index (χ4n) is 2.92. The Labute approximate surface area is 149 Å². The van der Waals surface area contributed by atoms with Gasteiger partial charge in [0.15, 0.2) is 0 Å². The third kappa shape index (κ3) is 2.82. The van der Waals surface area contributed by atoms with Crippen molar-refractivity contribution in [2.45, 2.75) is 12.5 Å². The summed E-state index contributed by atoms with van der Waals surface area (Å²) in [6.45, 7) is 0.579. The molecule has 1 N–H and O–H groups in total. The smallest absolute Gasteiger partial charge is 0.258 e. The Morgan fingerprint density at radius 2 is 2.04 bits per heavy atom. The van der Waals surface area contributed by atoms with Crippen LogP contribution in [0.4, 0.5) is 5.69 Å². The third-order valence-corrected chi connectivity index (χ3v) is 5.83. The Hall–Kier alpha value is -1.85. The Kier molecular flexibility index (Phi) is 4.06. The van der Waals surface area contributed by atoms with Crippen molar-refractivity contribution in [2.24, 2.45) is 0 Å². The number of rotatable bonds is 3. The van der Waals surface area contributed by atoms with Gasteiger partial charge in [0.1, 0.15) is 17.6 Å². The fraction of sp³-hybridized carbons (Fsp3) is 0.278. The van der Waals surface area contributed by atoms with Crippen molar-refractivity contribution in [2.75, 3.05) is 23.0 Å². The van der Waals surface area contributed by atoms with E-state index in [1.54, 1.807) is 17.0 Å². The van der Waals surface area contributed by atoms with Crippen molar-refractivity contribution < 1.29 is 14.6 Å². The van der Waals surface area contributed by atoms with E-state index in [0.717, 1.165) is 29.2 Å². The van der Waals surface area contributed by atoms with Crippen molar-refractivity contribution in [3.05, 3.63) is 52.5 Å². The van der Waals surface area contributed by atoms with Gasteiger partial charge in [0.05, 0.1) is 5.02 Å². The lowest BCUT2D eigenvalue weighted by Crippen LogP contribution is -2.37. The molecule has 124 valence electrons. The lowest BCUT2D eigenvalue weighted by molar-refractivity contribution is 0.0980. The number of ether oxygens (including phenoxy) is 1. The second-order valence-corrected chi connectivity index (χ2v) is 7.42. The van der Waals surface area contributed by atoms with Crippen LogP contribution >= 0.6 is 23.4 Å². The predicted molar refractivity (Wildman–Crippen MR) is 96.7 cm³/mol. The first kappa shape index (κ1) is 15.7. The van der Waals surface area contributed by atoms with Crippen LogP contribution in [0.3, 0.4) is 0 Å². The molecule has 0 radical (unpaired) electrons. The summed E-state index contributed by atoms with van der Waals surface area (Å²) in [7, 11) is 0. The highest BCUT2D eigenvalue weighted by Gasteiger charge is 2.27. The van der Waals surface area contributed by atoms with Gasteiger partial charge in [-0.05, 0) is 48.4 Å². The first-order valence-electron chi connectivity index (χ1n) is 7.79. The number of phenolic OH excluding ortho intramolecular Hbond substituents is 1. The number of aromatic hydroxyl groups is 1. The molecule has 4 nitrogen and oxygen atoms in total. The van der Waals surface area contributed by atoms with Gasteiger partial charge in [0.2, 0.25) is 0 Å². The number of fused-ring (bicyclic) bond motifs is 1. The molecule has 2 aromatic carbocycles. The molecule has 6 heteroatoms. The molecule has 2 aliphatic heterocycles. The van der Waals surface area contributed by atoms with Crippen molar-refractivity contribution in [1.82, 2.24) is 0 Å².